The summed E-state index contributed by atoms with van der Waals surface area (Å²) in [7, 11) is 0. The van der Waals surface area contributed by atoms with Gasteiger partial charge in [0.2, 0.25) is 0 Å². The topological polar surface area (TPSA) is 55.4 Å². The van der Waals surface area contributed by atoms with E-state index in [4.69, 9.17) is 4.74 Å². The van der Waals surface area contributed by atoms with Gasteiger partial charge in [0, 0.05) is 5.69 Å². The molecule has 0 fully saturated rings. The number of hydrogen-bond acceptors (Lipinski definition) is 3. The molecule has 0 bridgehead atoms. The highest BCUT2D eigenvalue weighted by Gasteiger charge is 2.21. The van der Waals surface area contributed by atoms with Crippen molar-refractivity contribution < 1.29 is 14.3 Å². The molecule has 1 atom stereocenters. The van der Waals surface area contributed by atoms with Crippen LogP contribution in [0.2, 0.25) is 0 Å². The number of amides is 1. The Bertz CT molecular complexity index is 753. The number of anilines is 1. The van der Waals surface area contributed by atoms with E-state index in [1.807, 2.05) is 62.4 Å². The van der Waals surface area contributed by atoms with Crippen LogP contribution >= 0.6 is 0 Å². The van der Waals surface area contributed by atoms with Crippen LogP contribution < -0.4 is 5.32 Å². The average Bonchev–Trinajstić information content (AvgIpc) is 2.63. The summed E-state index contributed by atoms with van der Waals surface area (Å²) < 4.78 is 5.27. The molecule has 138 valence electrons. The number of ether oxygens (including phenoxy) is 1. The molecular weight excluding hydrogens is 326 g/mol. The van der Waals surface area contributed by atoms with E-state index in [1.165, 1.54) is 0 Å². The maximum absolute atomic E-state index is 12.4. The van der Waals surface area contributed by atoms with Crippen LogP contribution in [0.15, 0.2) is 48.5 Å². The molecule has 0 unspecified atom stereocenters. The second-order valence-electron chi connectivity index (χ2n) is 6.72. The summed E-state index contributed by atoms with van der Waals surface area (Å²) in [5.41, 5.74) is 3.77. The molecule has 0 saturated heterocycles. The van der Waals surface area contributed by atoms with E-state index in [9.17, 15) is 9.59 Å². The Hall–Kier alpha value is -2.62. The van der Waals surface area contributed by atoms with Crippen molar-refractivity contribution in [2.45, 2.75) is 46.0 Å². The summed E-state index contributed by atoms with van der Waals surface area (Å²) in [6, 6.07) is 15.4. The van der Waals surface area contributed by atoms with Gasteiger partial charge in [-0.05, 0) is 36.0 Å². The number of nitrogens with one attached hydrogen (secondary N) is 1. The minimum absolute atomic E-state index is 0.284. The monoisotopic (exact) mass is 353 g/mol. The van der Waals surface area contributed by atoms with Crippen molar-refractivity contribution in [1.82, 2.24) is 0 Å². The second-order valence-corrected chi connectivity index (χ2v) is 6.72. The molecule has 1 N–H and O–H groups in total. The van der Waals surface area contributed by atoms with Crippen molar-refractivity contribution in [1.29, 1.82) is 0 Å². The molecule has 0 saturated carbocycles. The number of aryl methyl sites for hydroxylation is 1. The van der Waals surface area contributed by atoms with Gasteiger partial charge in [0.15, 0.2) is 6.61 Å². The smallest absolute Gasteiger partial charge is 0.313 e. The van der Waals surface area contributed by atoms with Crippen LogP contribution in [0.1, 0.15) is 55.7 Å². The quantitative estimate of drug-likeness (QED) is 0.728. The average molecular weight is 353 g/mol. The predicted molar refractivity (Wildman–Crippen MR) is 104 cm³/mol. The Labute approximate surface area is 155 Å². The normalized spacial score (nSPS) is 11.9. The largest absolute Gasteiger partial charge is 0.455 e. The number of carbonyl (C=O) groups is 2. The van der Waals surface area contributed by atoms with Gasteiger partial charge in [-0.1, -0.05) is 69.3 Å². The van der Waals surface area contributed by atoms with Gasteiger partial charge in [-0.3, -0.25) is 9.59 Å². The van der Waals surface area contributed by atoms with Crippen molar-refractivity contribution in [2.24, 2.45) is 0 Å². The molecule has 0 aliphatic heterocycles. The molecule has 2 rings (SSSR count). The van der Waals surface area contributed by atoms with E-state index >= 15 is 0 Å². The summed E-state index contributed by atoms with van der Waals surface area (Å²) >= 11 is 0. The summed E-state index contributed by atoms with van der Waals surface area (Å²) in [4.78, 5) is 24.7. The zero-order valence-electron chi connectivity index (χ0n) is 15.9. The predicted octanol–water partition coefficient (Wildman–Crippen LogP) is 4.79. The van der Waals surface area contributed by atoms with Crippen molar-refractivity contribution >= 4 is 17.6 Å². The van der Waals surface area contributed by atoms with E-state index in [1.54, 1.807) is 0 Å². The summed E-state index contributed by atoms with van der Waals surface area (Å²) in [6.07, 6.45) is 0.625. The van der Waals surface area contributed by atoms with Crippen molar-refractivity contribution in [3.05, 3.63) is 65.2 Å². The first-order valence-corrected chi connectivity index (χ1v) is 9.05. The third-order valence-electron chi connectivity index (χ3n) is 4.43. The molecule has 0 aliphatic carbocycles. The molecule has 0 heterocycles. The van der Waals surface area contributed by atoms with Crippen LogP contribution in [0, 0.1) is 6.92 Å². The lowest BCUT2D eigenvalue weighted by Gasteiger charge is -2.17. The van der Waals surface area contributed by atoms with E-state index in [2.05, 4.69) is 19.2 Å². The van der Waals surface area contributed by atoms with Crippen molar-refractivity contribution in [3.63, 3.8) is 0 Å². The number of hydrogen-bond donors (Lipinski definition) is 1. The van der Waals surface area contributed by atoms with Gasteiger partial charge in [-0.25, -0.2) is 0 Å². The number of para-hydroxylation sites is 1. The fraction of sp³-hybridized carbons (Fsp3) is 0.364. The first-order chi connectivity index (χ1) is 12.4. The van der Waals surface area contributed by atoms with E-state index < -0.39 is 0 Å². The highest BCUT2D eigenvalue weighted by atomic mass is 16.5. The third kappa shape index (κ3) is 4.94. The molecule has 2 aromatic rings. The maximum atomic E-state index is 12.4. The third-order valence-corrected chi connectivity index (χ3v) is 4.43. The number of benzene rings is 2. The Morgan fingerprint density at radius 1 is 1.04 bits per heavy atom. The van der Waals surface area contributed by atoms with Crippen molar-refractivity contribution in [3.8, 4) is 0 Å². The molecule has 0 radical (unpaired) electrons. The first-order valence-electron chi connectivity index (χ1n) is 9.05. The van der Waals surface area contributed by atoms with Gasteiger partial charge in [0.05, 0.1) is 5.92 Å². The van der Waals surface area contributed by atoms with E-state index in [0.29, 0.717) is 6.42 Å². The van der Waals surface area contributed by atoms with Gasteiger partial charge in [0.25, 0.3) is 5.91 Å². The summed E-state index contributed by atoms with van der Waals surface area (Å²) in [5.74, 6) is -0.760. The number of rotatable bonds is 7. The highest BCUT2D eigenvalue weighted by molar-refractivity contribution is 5.94. The fourth-order valence-electron chi connectivity index (χ4n) is 2.98. The fourth-order valence-corrected chi connectivity index (χ4v) is 2.98. The van der Waals surface area contributed by atoms with Crippen LogP contribution in [-0.2, 0) is 14.3 Å². The molecule has 1 amide bonds. The van der Waals surface area contributed by atoms with E-state index in [-0.39, 0.29) is 30.3 Å². The van der Waals surface area contributed by atoms with Crippen LogP contribution in [0.25, 0.3) is 0 Å². The molecule has 0 aliphatic rings. The lowest BCUT2D eigenvalue weighted by atomic mass is 9.97. The minimum Gasteiger partial charge on any atom is -0.455 e. The lowest BCUT2D eigenvalue weighted by Crippen LogP contribution is -2.24. The number of carbonyl (C=O) groups excluding carboxylic acids is 2. The lowest BCUT2D eigenvalue weighted by molar-refractivity contribution is -0.149. The van der Waals surface area contributed by atoms with Crippen LogP contribution in [-0.4, -0.2) is 18.5 Å². The van der Waals surface area contributed by atoms with Gasteiger partial charge < -0.3 is 10.1 Å². The molecule has 26 heavy (non-hydrogen) atoms. The van der Waals surface area contributed by atoms with Gasteiger partial charge in [-0.2, -0.15) is 0 Å². The molecule has 0 aromatic heterocycles. The van der Waals surface area contributed by atoms with Crippen molar-refractivity contribution in [2.75, 3.05) is 11.9 Å². The Morgan fingerprint density at radius 2 is 1.73 bits per heavy atom. The Kier molecular flexibility index (Phi) is 6.96. The van der Waals surface area contributed by atoms with Crippen LogP contribution in [0.5, 0.6) is 0 Å². The maximum Gasteiger partial charge on any atom is 0.313 e. The van der Waals surface area contributed by atoms with Crippen LogP contribution in [0.3, 0.4) is 0 Å². The zero-order valence-corrected chi connectivity index (χ0v) is 15.9. The summed E-state index contributed by atoms with van der Waals surface area (Å²) in [6.45, 7) is 7.76. The standard InChI is InChI=1S/C22H27NO3/c1-5-18(17-11-7-6-8-12-17)22(25)26-14-20(24)23-21-16(4)10-9-13-19(21)15(2)3/h6-13,15,18H,5,14H2,1-4H3,(H,23,24)/t18-/m1/s1. The molecule has 4 heteroatoms. The Balaban J connectivity index is 2.00. The second kappa shape index (κ2) is 9.18. The van der Waals surface area contributed by atoms with E-state index in [0.717, 1.165) is 22.4 Å². The SMILES string of the molecule is CC[C@@H](C(=O)OCC(=O)Nc1c(C)cccc1C(C)C)c1ccccc1. The van der Waals surface area contributed by atoms with Gasteiger partial charge in [0.1, 0.15) is 0 Å². The minimum atomic E-state index is -0.372. The molecular formula is C22H27NO3. The van der Waals surface area contributed by atoms with Gasteiger partial charge in [-0.15, -0.1) is 0 Å². The molecule has 2 aromatic carbocycles. The van der Waals surface area contributed by atoms with Gasteiger partial charge >= 0.3 is 5.97 Å². The highest BCUT2D eigenvalue weighted by Crippen LogP contribution is 2.27. The Morgan fingerprint density at radius 3 is 2.35 bits per heavy atom. The van der Waals surface area contributed by atoms with Crippen LogP contribution in [0.4, 0.5) is 5.69 Å². The first kappa shape index (κ1) is 19.7. The molecule has 0 spiro atoms. The zero-order chi connectivity index (χ0) is 19.1. The summed E-state index contributed by atoms with van der Waals surface area (Å²) in [5, 5.41) is 2.90. The molecule has 4 nitrogen and oxygen atoms in total. The number of esters is 1.